The summed E-state index contributed by atoms with van der Waals surface area (Å²) >= 11 is 4.03. The van der Waals surface area contributed by atoms with Gasteiger partial charge in [-0.15, -0.1) is 23.5 Å². The molecule has 0 saturated carbocycles. The van der Waals surface area contributed by atoms with E-state index in [9.17, 15) is 0 Å². The molecular formula is C8H14S2. The van der Waals surface area contributed by atoms with Crippen LogP contribution in [-0.2, 0) is 0 Å². The van der Waals surface area contributed by atoms with Gasteiger partial charge in [0.05, 0.1) is 0 Å². The molecule has 0 radical (unpaired) electrons. The van der Waals surface area contributed by atoms with Crippen LogP contribution in [0, 0.1) is 0 Å². The molecule has 58 valence electrons. The summed E-state index contributed by atoms with van der Waals surface area (Å²) in [5, 5.41) is 0. The van der Waals surface area contributed by atoms with E-state index in [1.165, 1.54) is 30.8 Å². The summed E-state index contributed by atoms with van der Waals surface area (Å²) in [7, 11) is 0. The van der Waals surface area contributed by atoms with E-state index in [0.717, 1.165) is 0 Å². The normalized spacial score (nSPS) is 17.9. The maximum Gasteiger partial charge on any atom is 0.0361 e. The topological polar surface area (TPSA) is 0 Å². The van der Waals surface area contributed by atoms with Crippen molar-refractivity contribution in [3.63, 3.8) is 0 Å². The van der Waals surface area contributed by atoms with E-state index in [-0.39, 0.29) is 0 Å². The van der Waals surface area contributed by atoms with Crippen molar-refractivity contribution in [2.24, 2.45) is 0 Å². The lowest BCUT2D eigenvalue weighted by Crippen LogP contribution is -1.67. The minimum Gasteiger partial charge on any atom is -0.119 e. The third kappa shape index (κ3) is 3.02. The largest absolute Gasteiger partial charge is 0.119 e. The summed E-state index contributed by atoms with van der Waals surface area (Å²) in [6.07, 6.45) is 6.35. The van der Waals surface area contributed by atoms with Crippen LogP contribution in [0.3, 0.4) is 0 Å². The van der Waals surface area contributed by atoms with Crippen LogP contribution in [0.5, 0.6) is 0 Å². The Balaban J connectivity index is 2.12. The van der Waals surface area contributed by atoms with E-state index in [1.807, 2.05) is 23.5 Å². The highest BCUT2D eigenvalue weighted by atomic mass is 32.2. The van der Waals surface area contributed by atoms with Crippen molar-refractivity contribution < 1.29 is 0 Å². The van der Waals surface area contributed by atoms with Crippen LogP contribution in [0.1, 0.15) is 26.2 Å². The van der Waals surface area contributed by atoms with Gasteiger partial charge in [0.1, 0.15) is 0 Å². The van der Waals surface area contributed by atoms with Gasteiger partial charge in [-0.25, -0.2) is 0 Å². The highest BCUT2D eigenvalue weighted by Gasteiger charge is 2.05. The zero-order valence-electron chi connectivity index (χ0n) is 6.43. The molecular weight excluding hydrogens is 160 g/mol. The summed E-state index contributed by atoms with van der Waals surface area (Å²) in [5.41, 5.74) is 0. The SMILES string of the molecule is CCCCC=C1SCCS1. The van der Waals surface area contributed by atoms with E-state index >= 15 is 0 Å². The zero-order chi connectivity index (χ0) is 7.23. The first-order chi connectivity index (χ1) is 4.93. The molecule has 1 aliphatic rings. The summed E-state index contributed by atoms with van der Waals surface area (Å²) < 4.78 is 1.56. The molecule has 0 aromatic heterocycles. The lowest BCUT2D eigenvalue weighted by molar-refractivity contribution is 0.815. The standard InChI is InChI=1S/C8H14S2/c1-2-3-4-5-8-9-6-7-10-8/h5H,2-4,6-7H2,1H3. The lowest BCUT2D eigenvalue weighted by atomic mass is 10.2. The van der Waals surface area contributed by atoms with Gasteiger partial charge in [-0.1, -0.05) is 25.8 Å². The molecule has 0 spiro atoms. The van der Waals surface area contributed by atoms with Crippen molar-refractivity contribution in [3.05, 3.63) is 10.3 Å². The first-order valence-corrected chi connectivity index (χ1v) is 5.86. The fourth-order valence-corrected chi connectivity index (χ4v) is 3.24. The molecule has 2 heteroatoms. The molecule has 0 bridgehead atoms. The molecule has 1 fully saturated rings. The van der Waals surface area contributed by atoms with Crippen molar-refractivity contribution in [1.29, 1.82) is 0 Å². The number of hydrogen-bond acceptors (Lipinski definition) is 2. The lowest BCUT2D eigenvalue weighted by Gasteiger charge is -1.92. The van der Waals surface area contributed by atoms with Crippen molar-refractivity contribution in [1.82, 2.24) is 0 Å². The smallest absolute Gasteiger partial charge is 0.0361 e. The molecule has 0 aliphatic carbocycles. The Labute approximate surface area is 71.8 Å². The highest BCUT2D eigenvalue weighted by Crippen LogP contribution is 2.36. The predicted molar refractivity (Wildman–Crippen MR) is 52.5 cm³/mol. The van der Waals surface area contributed by atoms with E-state index in [1.54, 1.807) is 4.24 Å². The highest BCUT2D eigenvalue weighted by molar-refractivity contribution is 8.25. The van der Waals surface area contributed by atoms with E-state index in [0.29, 0.717) is 0 Å². The number of hydrogen-bond donors (Lipinski definition) is 0. The minimum absolute atomic E-state index is 1.28. The zero-order valence-corrected chi connectivity index (χ0v) is 8.06. The number of allylic oxidation sites excluding steroid dienone is 1. The number of rotatable bonds is 3. The fourth-order valence-electron chi connectivity index (χ4n) is 0.868. The number of unbranched alkanes of at least 4 members (excludes halogenated alkanes) is 2. The van der Waals surface area contributed by atoms with Crippen LogP contribution >= 0.6 is 23.5 Å². The molecule has 1 rings (SSSR count). The van der Waals surface area contributed by atoms with E-state index < -0.39 is 0 Å². The Morgan fingerprint density at radius 3 is 2.70 bits per heavy atom. The quantitative estimate of drug-likeness (QED) is 0.601. The maximum atomic E-state index is 2.39. The summed E-state index contributed by atoms with van der Waals surface area (Å²) in [5.74, 6) is 2.64. The molecule has 0 aromatic carbocycles. The summed E-state index contributed by atoms with van der Waals surface area (Å²) in [6.45, 7) is 2.24. The molecule has 1 aliphatic heterocycles. The van der Waals surface area contributed by atoms with Crippen molar-refractivity contribution in [2.75, 3.05) is 11.5 Å². The first kappa shape index (κ1) is 8.54. The second kappa shape index (κ2) is 5.14. The minimum atomic E-state index is 1.28. The Morgan fingerprint density at radius 1 is 1.40 bits per heavy atom. The van der Waals surface area contributed by atoms with Crippen LogP contribution in [0.2, 0.25) is 0 Å². The third-order valence-electron chi connectivity index (χ3n) is 1.44. The molecule has 0 nitrogen and oxygen atoms in total. The van der Waals surface area contributed by atoms with Crippen molar-refractivity contribution in [3.8, 4) is 0 Å². The van der Waals surface area contributed by atoms with Gasteiger partial charge in [0, 0.05) is 15.7 Å². The van der Waals surface area contributed by atoms with Gasteiger partial charge in [-0.2, -0.15) is 0 Å². The van der Waals surface area contributed by atoms with Crippen molar-refractivity contribution >= 4 is 23.5 Å². The van der Waals surface area contributed by atoms with Crippen LogP contribution in [-0.4, -0.2) is 11.5 Å². The van der Waals surface area contributed by atoms with Crippen LogP contribution in [0.15, 0.2) is 10.3 Å². The second-order valence-corrected chi connectivity index (χ2v) is 4.89. The molecule has 0 amide bonds. The van der Waals surface area contributed by atoms with Crippen molar-refractivity contribution in [2.45, 2.75) is 26.2 Å². The maximum absolute atomic E-state index is 2.39. The molecule has 1 heterocycles. The Kier molecular flexibility index (Phi) is 4.39. The Bertz CT molecular complexity index is 110. The summed E-state index contributed by atoms with van der Waals surface area (Å²) in [6, 6.07) is 0. The van der Waals surface area contributed by atoms with Gasteiger partial charge in [-0.05, 0) is 6.42 Å². The van der Waals surface area contributed by atoms with Crippen LogP contribution in [0.4, 0.5) is 0 Å². The second-order valence-electron chi connectivity index (χ2n) is 2.36. The predicted octanol–water partition coefficient (Wildman–Crippen LogP) is 3.50. The van der Waals surface area contributed by atoms with E-state index in [2.05, 4.69) is 13.0 Å². The molecule has 0 aromatic rings. The third-order valence-corrected chi connectivity index (χ3v) is 4.13. The van der Waals surface area contributed by atoms with Crippen LogP contribution < -0.4 is 0 Å². The average Bonchev–Trinajstić information content (AvgIpc) is 2.41. The first-order valence-electron chi connectivity index (χ1n) is 3.89. The molecule has 1 saturated heterocycles. The average molecular weight is 174 g/mol. The molecule has 0 atom stereocenters. The van der Waals surface area contributed by atoms with Gasteiger partial charge in [0.2, 0.25) is 0 Å². The van der Waals surface area contributed by atoms with Gasteiger partial charge < -0.3 is 0 Å². The van der Waals surface area contributed by atoms with Crippen LogP contribution in [0.25, 0.3) is 0 Å². The van der Waals surface area contributed by atoms with Gasteiger partial charge in [-0.3, -0.25) is 0 Å². The van der Waals surface area contributed by atoms with Gasteiger partial charge >= 0.3 is 0 Å². The van der Waals surface area contributed by atoms with E-state index in [4.69, 9.17) is 0 Å². The van der Waals surface area contributed by atoms with Gasteiger partial charge in [0.25, 0.3) is 0 Å². The Morgan fingerprint density at radius 2 is 2.10 bits per heavy atom. The monoisotopic (exact) mass is 174 g/mol. The molecule has 0 N–H and O–H groups in total. The molecule has 10 heavy (non-hydrogen) atoms. The molecule has 0 unspecified atom stereocenters. The summed E-state index contributed by atoms with van der Waals surface area (Å²) in [4.78, 5) is 0. The Hall–Kier alpha value is 0.440. The van der Waals surface area contributed by atoms with Gasteiger partial charge in [0.15, 0.2) is 0 Å². The fraction of sp³-hybridized carbons (Fsp3) is 0.750. The number of thioether (sulfide) groups is 2.